The SMILES string of the molecule is O=C(NCCCNC(=O)NCCc1ccncc1)NCCc1ccncc1. The van der Waals surface area contributed by atoms with Gasteiger partial charge in [-0.15, -0.1) is 0 Å². The third kappa shape index (κ3) is 9.20. The minimum absolute atomic E-state index is 0.203. The van der Waals surface area contributed by atoms with E-state index in [1.165, 1.54) is 0 Å². The molecule has 2 heterocycles. The average Bonchev–Trinajstić information content (AvgIpc) is 2.69. The van der Waals surface area contributed by atoms with Crippen LogP contribution in [0.2, 0.25) is 0 Å². The highest BCUT2D eigenvalue weighted by atomic mass is 16.2. The Hall–Kier alpha value is -3.16. The van der Waals surface area contributed by atoms with Crippen LogP contribution in [0.4, 0.5) is 9.59 Å². The summed E-state index contributed by atoms with van der Waals surface area (Å²) in [7, 11) is 0. The predicted molar refractivity (Wildman–Crippen MR) is 103 cm³/mol. The van der Waals surface area contributed by atoms with Crippen LogP contribution in [0.15, 0.2) is 49.1 Å². The van der Waals surface area contributed by atoms with Crippen LogP contribution in [0.3, 0.4) is 0 Å². The number of hydrogen-bond donors (Lipinski definition) is 4. The van der Waals surface area contributed by atoms with Crippen molar-refractivity contribution in [2.75, 3.05) is 26.2 Å². The summed E-state index contributed by atoms with van der Waals surface area (Å²) in [5, 5.41) is 11.1. The van der Waals surface area contributed by atoms with Gasteiger partial charge in [0, 0.05) is 51.0 Å². The van der Waals surface area contributed by atoms with E-state index < -0.39 is 0 Å². The predicted octanol–water partition coefficient (Wildman–Crippen LogP) is 1.25. The Bertz CT molecular complexity index is 622. The molecule has 0 saturated heterocycles. The molecular formula is C19H26N6O2. The first kappa shape index (κ1) is 20.2. The van der Waals surface area contributed by atoms with Gasteiger partial charge >= 0.3 is 12.1 Å². The van der Waals surface area contributed by atoms with E-state index in [1.54, 1.807) is 24.8 Å². The largest absolute Gasteiger partial charge is 0.338 e. The number of carbonyl (C=O) groups excluding carboxylic acids is 2. The van der Waals surface area contributed by atoms with Gasteiger partial charge in [0.1, 0.15) is 0 Å². The number of pyridine rings is 2. The van der Waals surface area contributed by atoms with Crippen LogP contribution in [0, 0.1) is 0 Å². The number of amides is 4. The van der Waals surface area contributed by atoms with Gasteiger partial charge in [-0.3, -0.25) is 9.97 Å². The van der Waals surface area contributed by atoms with Crippen LogP contribution < -0.4 is 21.3 Å². The lowest BCUT2D eigenvalue weighted by Crippen LogP contribution is -2.40. The van der Waals surface area contributed by atoms with Gasteiger partial charge in [0.05, 0.1) is 0 Å². The molecule has 2 aromatic rings. The monoisotopic (exact) mass is 370 g/mol. The summed E-state index contributed by atoms with van der Waals surface area (Å²) >= 11 is 0. The Kier molecular flexibility index (Phi) is 9.13. The number of hydrogen-bond acceptors (Lipinski definition) is 4. The van der Waals surface area contributed by atoms with Crippen LogP contribution >= 0.6 is 0 Å². The third-order valence-electron chi connectivity index (χ3n) is 3.82. The highest BCUT2D eigenvalue weighted by Crippen LogP contribution is 1.96. The van der Waals surface area contributed by atoms with Crippen molar-refractivity contribution in [3.63, 3.8) is 0 Å². The van der Waals surface area contributed by atoms with E-state index in [0.29, 0.717) is 32.6 Å². The fourth-order valence-electron chi connectivity index (χ4n) is 2.36. The molecule has 0 aromatic carbocycles. The van der Waals surface area contributed by atoms with Crippen LogP contribution in [0.1, 0.15) is 17.5 Å². The van der Waals surface area contributed by atoms with E-state index in [2.05, 4.69) is 31.2 Å². The number of rotatable bonds is 10. The fourth-order valence-corrected chi connectivity index (χ4v) is 2.36. The molecule has 8 nitrogen and oxygen atoms in total. The van der Waals surface area contributed by atoms with E-state index in [1.807, 2.05) is 24.3 Å². The molecule has 2 rings (SSSR count). The molecule has 0 radical (unpaired) electrons. The highest BCUT2D eigenvalue weighted by molar-refractivity contribution is 5.74. The van der Waals surface area contributed by atoms with Crippen molar-refractivity contribution in [1.82, 2.24) is 31.2 Å². The maximum atomic E-state index is 11.7. The standard InChI is InChI=1S/C19H26N6O2/c26-18(24-14-6-16-2-10-20-11-3-16)22-8-1-9-23-19(27)25-15-7-17-4-12-21-13-5-17/h2-5,10-13H,1,6-9,14-15H2,(H2,22,24,26)(H2,23,25,27). The Labute approximate surface area is 159 Å². The summed E-state index contributed by atoms with van der Waals surface area (Å²) in [4.78, 5) is 31.2. The number of nitrogens with one attached hydrogen (secondary N) is 4. The maximum absolute atomic E-state index is 11.7. The van der Waals surface area contributed by atoms with E-state index in [0.717, 1.165) is 24.0 Å². The maximum Gasteiger partial charge on any atom is 0.314 e. The average molecular weight is 370 g/mol. The second-order valence-corrected chi connectivity index (χ2v) is 5.93. The van der Waals surface area contributed by atoms with E-state index >= 15 is 0 Å². The summed E-state index contributed by atoms with van der Waals surface area (Å²) in [5.74, 6) is 0. The Morgan fingerprint density at radius 2 is 1.00 bits per heavy atom. The molecule has 0 aliphatic rings. The zero-order valence-corrected chi connectivity index (χ0v) is 15.3. The van der Waals surface area contributed by atoms with E-state index in [4.69, 9.17) is 0 Å². The molecule has 0 bridgehead atoms. The van der Waals surface area contributed by atoms with Crippen molar-refractivity contribution in [2.24, 2.45) is 0 Å². The molecule has 0 fully saturated rings. The second-order valence-electron chi connectivity index (χ2n) is 5.93. The van der Waals surface area contributed by atoms with E-state index in [9.17, 15) is 9.59 Å². The quantitative estimate of drug-likeness (QED) is 0.472. The molecule has 0 aliphatic heterocycles. The molecule has 0 saturated carbocycles. The number of carbonyl (C=O) groups is 2. The summed E-state index contributed by atoms with van der Waals surface area (Å²) in [6, 6.07) is 7.29. The van der Waals surface area contributed by atoms with Crippen molar-refractivity contribution in [3.8, 4) is 0 Å². The summed E-state index contributed by atoms with van der Waals surface area (Å²) in [6.07, 6.45) is 9.12. The van der Waals surface area contributed by atoms with Crippen LogP contribution in [-0.2, 0) is 12.8 Å². The fraction of sp³-hybridized carbons (Fsp3) is 0.368. The topological polar surface area (TPSA) is 108 Å². The van der Waals surface area contributed by atoms with Crippen LogP contribution in [0.5, 0.6) is 0 Å². The van der Waals surface area contributed by atoms with Gasteiger partial charge in [-0.2, -0.15) is 0 Å². The van der Waals surface area contributed by atoms with Crippen molar-refractivity contribution in [1.29, 1.82) is 0 Å². The van der Waals surface area contributed by atoms with Gasteiger partial charge in [-0.05, 0) is 54.7 Å². The summed E-state index contributed by atoms with van der Waals surface area (Å²) in [6.45, 7) is 2.12. The zero-order valence-electron chi connectivity index (χ0n) is 15.3. The summed E-state index contributed by atoms with van der Waals surface area (Å²) in [5.41, 5.74) is 2.26. The molecule has 144 valence electrons. The molecule has 0 spiro atoms. The first-order valence-electron chi connectivity index (χ1n) is 9.05. The molecule has 4 N–H and O–H groups in total. The van der Waals surface area contributed by atoms with Gasteiger partial charge in [0.2, 0.25) is 0 Å². The smallest absolute Gasteiger partial charge is 0.314 e. The lowest BCUT2D eigenvalue weighted by molar-refractivity contribution is 0.239. The van der Waals surface area contributed by atoms with Crippen molar-refractivity contribution in [3.05, 3.63) is 60.2 Å². The molecule has 0 atom stereocenters. The van der Waals surface area contributed by atoms with Gasteiger partial charge < -0.3 is 21.3 Å². The van der Waals surface area contributed by atoms with Gasteiger partial charge in [0.15, 0.2) is 0 Å². The van der Waals surface area contributed by atoms with E-state index in [-0.39, 0.29) is 12.1 Å². The first-order chi connectivity index (χ1) is 13.2. The minimum atomic E-state index is -0.203. The molecule has 8 heteroatoms. The van der Waals surface area contributed by atoms with Crippen molar-refractivity contribution >= 4 is 12.1 Å². The van der Waals surface area contributed by atoms with Gasteiger partial charge in [0.25, 0.3) is 0 Å². The van der Waals surface area contributed by atoms with Gasteiger partial charge in [-0.25, -0.2) is 9.59 Å². The molecule has 27 heavy (non-hydrogen) atoms. The third-order valence-corrected chi connectivity index (χ3v) is 3.82. The second kappa shape index (κ2) is 12.2. The van der Waals surface area contributed by atoms with Crippen LogP contribution in [0.25, 0.3) is 0 Å². The van der Waals surface area contributed by atoms with Crippen LogP contribution in [-0.4, -0.2) is 48.2 Å². The lowest BCUT2D eigenvalue weighted by Gasteiger charge is -2.09. The molecule has 0 unspecified atom stereocenters. The van der Waals surface area contributed by atoms with Gasteiger partial charge in [-0.1, -0.05) is 0 Å². The number of aromatic nitrogens is 2. The number of nitrogens with zero attached hydrogens (tertiary/aromatic N) is 2. The minimum Gasteiger partial charge on any atom is -0.338 e. The highest BCUT2D eigenvalue weighted by Gasteiger charge is 2.01. The lowest BCUT2D eigenvalue weighted by atomic mass is 10.2. The molecular weight excluding hydrogens is 344 g/mol. The van der Waals surface area contributed by atoms with Crippen molar-refractivity contribution < 1.29 is 9.59 Å². The Morgan fingerprint density at radius 3 is 1.41 bits per heavy atom. The van der Waals surface area contributed by atoms with Crippen molar-refractivity contribution in [2.45, 2.75) is 19.3 Å². The molecule has 0 aliphatic carbocycles. The Morgan fingerprint density at radius 1 is 0.630 bits per heavy atom. The Balaban J connectivity index is 1.43. The number of urea groups is 2. The first-order valence-corrected chi connectivity index (χ1v) is 9.05. The zero-order chi connectivity index (χ0) is 19.2. The summed E-state index contributed by atoms with van der Waals surface area (Å²) < 4.78 is 0. The molecule has 2 aromatic heterocycles. The molecule has 4 amide bonds. The normalized spacial score (nSPS) is 10.1.